The molecule has 0 unspecified atom stereocenters. The predicted octanol–water partition coefficient (Wildman–Crippen LogP) is 2.89. The fourth-order valence-corrected chi connectivity index (χ4v) is 3.39. The molecule has 21 heavy (non-hydrogen) atoms. The van der Waals surface area contributed by atoms with Crippen LogP contribution >= 0.6 is 11.6 Å². The molecule has 0 aromatic heterocycles. The number of hydrogen-bond acceptors (Lipinski definition) is 4. The first-order valence-corrected chi connectivity index (χ1v) is 7.82. The second-order valence-electron chi connectivity index (χ2n) is 5.68. The van der Waals surface area contributed by atoms with Crippen molar-refractivity contribution in [2.45, 2.75) is 26.3 Å². The summed E-state index contributed by atoms with van der Waals surface area (Å²) in [7, 11) is 3.28. The summed E-state index contributed by atoms with van der Waals surface area (Å²) in [6, 6.07) is 2.07. The van der Waals surface area contributed by atoms with Crippen molar-refractivity contribution in [3.63, 3.8) is 0 Å². The molecule has 5 heteroatoms. The number of rotatable bonds is 5. The van der Waals surface area contributed by atoms with E-state index in [0.29, 0.717) is 22.4 Å². The Labute approximate surface area is 132 Å². The minimum atomic E-state index is 0.343. The van der Waals surface area contributed by atoms with Crippen LogP contribution in [0.2, 0.25) is 5.02 Å². The van der Waals surface area contributed by atoms with E-state index in [1.165, 1.54) is 5.56 Å². The molecule has 0 spiro atoms. The predicted molar refractivity (Wildman–Crippen MR) is 86.8 cm³/mol. The van der Waals surface area contributed by atoms with Crippen LogP contribution in [0.5, 0.6) is 11.5 Å². The lowest BCUT2D eigenvalue weighted by Gasteiger charge is -2.29. The van der Waals surface area contributed by atoms with E-state index >= 15 is 0 Å². The molecule has 0 bridgehead atoms. The van der Waals surface area contributed by atoms with Crippen LogP contribution < -0.4 is 14.8 Å². The fraction of sp³-hybridized carbons (Fsp3) is 0.625. The second kappa shape index (κ2) is 7.34. The maximum atomic E-state index is 6.57. The molecular weight excluding hydrogens is 288 g/mol. The van der Waals surface area contributed by atoms with Crippen molar-refractivity contribution in [1.29, 1.82) is 0 Å². The summed E-state index contributed by atoms with van der Waals surface area (Å²) in [6.07, 6.45) is 0. The van der Waals surface area contributed by atoms with Gasteiger partial charge in [-0.15, -0.1) is 0 Å². The van der Waals surface area contributed by atoms with Gasteiger partial charge in [0.15, 0.2) is 11.5 Å². The van der Waals surface area contributed by atoms with Crippen molar-refractivity contribution < 1.29 is 9.47 Å². The molecule has 1 fully saturated rings. The zero-order valence-corrected chi connectivity index (χ0v) is 14.1. The molecule has 0 radical (unpaired) electrons. The summed E-state index contributed by atoms with van der Waals surface area (Å²) in [5, 5.41) is 4.06. The van der Waals surface area contributed by atoms with E-state index in [4.69, 9.17) is 21.1 Å². The summed E-state index contributed by atoms with van der Waals surface area (Å²) >= 11 is 6.57. The Morgan fingerprint density at radius 2 is 1.90 bits per heavy atom. The van der Waals surface area contributed by atoms with E-state index < -0.39 is 0 Å². The molecule has 1 N–H and O–H groups in total. The molecule has 0 saturated carbocycles. The van der Waals surface area contributed by atoms with Crippen LogP contribution in [0, 0.1) is 0 Å². The average molecular weight is 313 g/mol. The highest BCUT2D eigenvalue weighted by Crippen LogP contribution is 2.42. The second-order valence-corrected chi connectivity index (χ2v) is 6.06. The number of nitrogens with one attached hydrogen (secondary N) is 1. The summed E-state index contributed by atoms with van der Waals surface area (Å²) in [6.45, 7) is 9.42. The Morgan fingerprint density at radius 3 is 2.43 bits per heavy atom. The average Bonchev–Trinajstić information content (AvgIpc) is 2.47. The molecule has 0 amide bonds. The van der Waals surface area contributed by atoms with Gasteiger partial charge in [-0.05, 0) is 23.1 Å². The fourth-order valence-electron chi connectivity index (χ4n) is 2.88. The molecule has 2 rings (SSSR count). The quantitative estimate of drug-likeness (QED) is 0.906. The molecule has 1 aromatic rings. The number of benzene rings is 1. The largest absolute Gasteiger partial charge is 0.493 e. The van der Waals surface area contributed by atoms with Crippen LogP contribution in [-0.4, -0.2) is 45.3 Å². The van der Waals surface area contributed by atoms with Gasteiger partial charge in [-0.3, -0.25) is 4.90 Å². The summed E-state index contributed by atoms with van der Waals surface area (Å²) < 4.78 is 10.9. The van der Waals surface area contributed by atoms with E-state index in [-0.39, 0.29) is 0 Å². The van der Waals surface area contributed by atoms with Gasteiger partial charge in [0.05, 0.1) is 19.2 Å². The molecule has 1 aromatic carbocycles. The number of nitrogens with zero attached hydrogens (tertiary/aromatic N) is 1. The molecule has 0 aliphatic carbocycles. The molecule has 4 nitrogen and oxygen atoms in total. The van der Waals surface area contributed by atoms with E-state index in [0.717, 1.165) is 38.3 Å². The highest BCUT2D eigenvalue weighted by molar-refractivity contribution is 6.33. The molecular formula is C16H25ClN2O2. The number of hydrogen-bond donors (Lipinski definition) is 1. The van der Waals surface area contributed by atoms with Crippen LogP contribution in [0.15, 0.2) is 6.07 Å². The van der Waals surface area contributed by atoms with Gasteiger partial charge in [0, 0.05) is 32.7 Å². The van der Waals surface area contributed by atoms with Gasteiger partial charge in [-0.2, -0.15) is 0 Å². The Balaban J connectivity index is 2.39. The third kappa shape index (κ3) is 3.62. The van der Waals surface area contributed by atoms with Crippen molar-refractivity contribution in [3.05, 3.63) is 22.2 Å². The Bertz CT molecular complexity index is 486. The Kier molecular flexibility index (Phi) is 5.73. The Morgan fingerprint density at radius 1 is 1.24 bits per heavy atom. The van der Waals surface area contributed by atoms with Crippen LogP contribution in [-0.2, 0) is 6.54 Å². The van der Waals surface area contributed by atoms with Gasteiger partial charge >= 0.3 is 0 Å². The normalized spacial score (nSPS) is 16.3. The maximum absolute atomic E-state index is 6.57. The first-order valence-electron chi connectivity index (χ1n) is 7.44. The number of methoxy groups -OCH3 is 2. The van der Waals surface area contributed by atoms with Gasteiger partial charge in [0.1, 0.15) is 0 Å². The molecule has 1 saturated heterocycles. The highest BCUT2D eigenvalue weighted by Gasteiger charge is 2.22. The highest BCUT2D eigenvalue weighted by atomic mass is 35.5. The minimum absolute atomic E-state index is 0.343. The van der Waals surface area contributed by atoms with Gasteiger partial charge < -0.3 is 14.8 Å². The summed E-state index contributed by atoms with van der Waals surface area (Å²) in [5.41, 5.74) is 2.39. The lowest BCUT2D eigenvalue weighted by Crippen LogP contribution is -2.43. The summed E-state index contributed by atoms with van der Waals surface area (Å²) in [4.78, 5) is 2.44. The Hall–Kier alpha value is -0.970. The standard InChI is InChI=1S/C16H25ClN2O2/c1-11(2)14-12(10-19-7-5-18-6-8-19)9-13(20-3)16(21-4)15(14)17/h9,11,18H,5-8,10H2,1-4H3. The molecule has 118 valence electrons. The molecule has 1 heterocycles. The van der Waals surface area contributed by atoms with Crippen molar-refractivity contribution in [2.24, 2.45) is 0 Å². The van der Waals surface area contributed by atoms with Crippen molar-refractivity contribution >= 4 is 11.6 Å². The van der Waals surface area contributed by atoms with Gasteiger partial charge in [0.2, 0.25) is 0 Å². The van der Waals surface area contributed by atoms with Gasteiger partial charge in [0.25, 0.3) is 0 Å². The van der Waals surface area contributed by atoms with Crippen LogP contribution in [0.4, 0.5) is 0 Å². The van der Waals surface area contributed by atoms with E-state index in [9.17, 15) is 0 Å². The maximum Gasteiger partial charge on any atom is 0.179 e. The smallest absolute Gasteiger partial charge is 0.179 e. The molecule has 1 aliphatic heterocycles. The number of piperazine rings is 1. The lowest BCUT2D eigenvalue weighted by molar-refractivity contribution is 0.232. The van der Waals surface area contributed by atoms with Gasteiger partial charge in [-0.1, -0.05) is 25.4 Å². The zero-order valence-electron chi connectivity index (χ0n) is 13.3. The van der Waals surface area contributed by atoms with Crippen molar-refractivity contribution in [3.8, 4) is 11.5 Å². The third-order valence-corrected chi connectivity index (χ3v) is 4.29. The van der Waals surface area contributed by atoms with E-state index in [2.05, 4.69) is 30.1 Å². The topological polar surface area (TPSA) is 33.7 Å². The molecule has 1 aliphatic rings. The van der Waals surface area contributed by atoms with Gasteiger partial charge in [-0.25, -0.2) is 0 Å². The van der Waals surface area contributed by atoms with E-state index in [1.807, 2.05) is 0 Å². The first-order chi connectivity index (χ1) is 10.1. The minimum Gasteiger partial charge on any atom is -0.493 e. The van der Waals surface area contributed by atoms with Crippen molar-refractivity contribution in [1.82, 2.24) is 10.2 Å². The summed E-state index contributed by atoms with van der Waals surface area (Å²) in [5.74, 6) is 1.68. The lowest BCUT2D eigenvalue weighted by atomic mass is 9.95. The molecule has 0 atom stereocenters. The van der Waals surface area contributed by atoms with Crippen LogP contribution in [0.3, 0.4) is 0 Å². The van der Waals surface area contributed by atoms with Crippen molar-refractivity contribution in [2.75, 3.05) is 40.4 Å². The third-order valence-electron chi connectivity index (χ3n) is 3.92. The zero-order chi connectivity index (χ0) is 15.4. The van der Waals surface area contributed by atoms with E-state index in [1.54, 1.807) is 14.2 Å². The van der Waals surface area contributed by atoms with Crippen LogP contribution in [0.1, 0.15) is 30.9 Å². The van der Waals surface area contributed by atoms with Crippen LogP contribution in [0.25, 0.3) is 0 Å². The number of ether oxygens (including phenoxy) is 2. The number of halogens is 1. The monoisotopic (exact) mass is 312 g/mol. The SMILES string of the molecule is COc1cc(CN2CCNCC2)c(C(C)C)c(Cl)c1OC. The first kappa shape index (κ1) is 16.4.